The highest BCUT2D eigenvalue weighted by molar-refractivity contribution is 4.91. The van der Waals surface area contributed by atoms with Gasteiger partial charge < -0.3 is 15.1 Å². The zero-order valence-electron chi connectivity index (χ0n) is 15.9. The normalized spacial score (nSPS) is 42.0. The van der Waals surface area contributed by atoms with Gasteiger partial charge in [-0.05, 0) is 83.8 Å². The second-order valence-corrected chi connectivity index (χ2v) is 9.00. The summed E-state index contributed by atoms with van der Waals surface area (Å²) in [6, 6.07) is 3.13. The molecule has 23 heavy (non-hydrogen) atoms. The molecule has 2 heterocycles. The Morgan fingerprint density at radius 3 is 2.17 bits per heavy atom. The van der Waals surface area contributed by atoms with Gasteiger partial charge >= 0.3 is 0 Å². The predicted octanol–water partition coefficient (Wildman–Crippen LogP) is 3.35. The highest BCUT2D eigenvalue weighted by Gasteiger charge is 2.33. The van der Waals surface area contributed by atoms with Gasteiger partial charge in [-0.2, -0.15) is 0 Å². The van der Waals surface area contributed by atoms with E-state index in [-0.39, 0.29) is 0 Å². The molecule has 3 rings (SSSR count). The van der Waals surface area contributed by atoms with E-state index >= 15 is 0 Å². The maximum Gasteiger partial charge on any atom is 0.0122 e. The molecule has 0 spiro atoms. The zero-order chi connectivity index (χ0) is 16.4. The van der Waals surface area contributed by atoms with Crippen molar-refractivity contribution in [3.63, 3.8) is 0 Å². The van der Waals surface area contributed by atoms with Gasteiger partial charge in [0.25, 0.3) is 0 Å². The smallest absolute Gasteiger partial charge is 0.0122 e. The Morgan fingerprint density at radius 1 is 0.870 bits per heavy atom. The molecule has 3 atom stereocenters. The van der Waals surface area contributed by atoms with Gasteiger partial charge in [-0.25, -0.2) is 0 Å². The monoisotopic (exact) mass is 321 g/mol. The second-order valence-electron chi connectivity index (χ2n) is 9.00. The quantitative estimate of drug-likeness (QED) is 0.860. The molecule has 0 aromatic heterocycles. The average molecular weight is 322 g/mol. The molecule has 2 saturated heterocycles. The predicted molar refractivity (Wildman–Crippen MR) is 98.8 cm³/mol. The molecule has 3 heteroatoms. The van der Waals surface area contributed by atoms with E-state index in [1.807, 2.05) is 0 Å². The number of piperidine rings is 2. The third-order valence-corrected chi connectivity index (χ3v) is 7.09. The maximum absolute atomic E-state index is 4.04. The highest BCUT2D eigenvalue weighted by Crippen LogP contribution is 2.29. The first-order chi connectivity index (χ1) is 11.0. The molecule has 2 aliphatic heterocycles. The Bertz CT molecular complexity index is 356. The summed E-state index contributed by atoms with van der Waals surface area (Å²) in [6.45, 7) is 11.2. The molecule has 0 radical (unpaired) electrons. The fourth-order valence-electron chi connectivity index (χ4n) is 5.08. The molecule has 3 aliphatic rings. The fourth-order valence-corrected chi connectivity index (χ4v) is 5.08. The van der Waals surface area contributed by atoms with Crippen LogP contribution in [-0.4, -0.2) is 60.6 Å². The van der Waals surface area contributed by atoms with Crippen molar-refractivity contribution in [2.45, 2.75) is 89.9 Å². The summed E-state index contributed by atoms with van der Waals surface area (Å²) in [4.78, 5) is 5.33. The van der Waals surface area contributed by atoms with Crippen LogP contribution in [0.2, 0.25) is 0 Å². The molecule has 3 nitrogen and oxygen atoms in total. The number of nitrogens with one attached hydrogen (secondary N) is 1. The summed E-state index contributed by atoms with van der Waals surface area (Å²) in [5.74, 6) is 1.75. The summed E-state index contributed by atoms with van der Waals surface area (Å²) in [6.07, 6.45) is 9.79. The van der Waals surface area contributed by atoms with Gasteiger partial charge in [-0.15, -0.1) is 0 Å². The van der Waals surface area contributed by atoms with E-state index in [1.54, 1.807) is 0 Å². The Balaban J connectivity index is 1.42. The number of hydrogen-bond donors (Lipinski definition) is 1. The van der Waals surface area contributed by atoms with Gasteiger partial charge in [-0.1, -0.05) is 13.8 Å². The van der Waals surface area contributed by atoms with Crippen molar-refractivity contribution in [3.8, 4) is 0 Å². The molecule has 1 N–H and O–H groups in total. The zero-order valence-corrected chi connectivity index (χ0v) is 15.9. The molecular weight excluding hydrogens is 282 g/mol. The molecular formula is C20H39N3. The van der Waals surface area contributed by atoms with Gasteiger partial charge in [0.15, 0.2) is 0 Å². The van der Waals surface area contributed by atoms with Gasteiger partial charge in [0, 0.05) is 30.7 Å². The van der Waals surface area contributed by atoms with Crippen LogP contribution in [0.3, 0.4) is 0 Å². The molecule has 134 valence electrons. The lowest BCUT2D eigenvalue weighted by atomic mass is 9.85. The van der Waals surface area contributed by atoms with Crippen molar-refractivity contribution in [2.75, 3.05) is 26.7 Å². The van der Waals surface area contributed by atoms with Crippen LogP contribution in [0.15, 0.2) is 0 Å². The molecule has 0 unspecified atom stereocenters. The third kappa shape index (κ3) is 4.49. The second kappa shape index (κ2) is 7.84. The van der Waals surface area contributed by atoms with Crippen molar-refractivity contribution < 1.29 is 0 Å². The van der Waals surface area contributed by atoms with Crippen LogP contribution in [0.5, 0.6) is 0 Å². The third-order valence-electron chi connectivity index (χ3n) is 7.09. The van der Waals surface area contributed by atoms with Crippen LogP contribution >= 0.6 is 0 Å². The van der Waals surface area contributed by atoms with Gasteiger partial charge in [0.1, 0.15) is 0 Å². The summed E-state index contributed by atoms with van der Waals surface area (Å²) < 4.78 is 0. The largest absolute Gasteiger partial charge is 0.311 e. The van der Waals surface area contributed by atoms with Crippen molar-refractivity contribution in [2.24, 2.45) is 11.8 Å². The number of nitrogens with zero attached hydrogens (tertiary/aromatic N) is 2. The van der Waals surface area contributed by atoms with Crippen LogP contribution in [0, 0.1) is 11.8 Å². The first-order valence-corrected chi connectivity index (χ1v) is 10.2. The van der Waals surface area contributed by atoms with E-state index in [0.29, 0.717) is 0 Å². The van der Waals surface area contributed by atoms with E-state index < -0.39 is 0 Å². The lowest BCUT2D eigenvalue weighted by Crippen LogP contribution is -2.54. The molecule has 3 fully saturated rings. The fraction of sp³-hybridized carbons (Fsp3) is 1.00. The van der Waals surface area contributed by atoms with E-state index in [2.05, 4.69) is 42.9 Å². The molecule has 1 aliphatic carbocycles. The summed E-state index contributed by atoms with van der Waals surface area (Å²) in [5.41, 5.74) is 0. The van der Waals surface area contributed by atoms with Crippen molar-refractivity contribution >= 4 is 0 Å². The lowest BCUT2D eigenvalue weighted by molar-refractivity contribution is 0.0860. The van der Waals surface area contributed by atoms with Gasteiger partial charge in [0.2, 0.25) is 0 Å². The van der Waals surface area contributed by atoms with Crippen LogP contribution in [0.1, 0.15) is 65.7 Å². The highest BCUT2D eigenvalue weighted by atomic mass is 15.2. The average Bonchev–Trinajstić information content (AvgIpc) is 2.54. The number of hydrogen-bond acceptors (Lipinski definition) is 3. The van der Waals surface area contributed by atoms with Crippen LogP contribution < -0.4 is 5.32 Å². The minimum atomic E-state index is 0.732. The van der Waals surface area contributed by atoms with Crippen LogP contribution in [-0.2, 0) is 0 Å². The van der Waals surface area contributed by atoms with Crippen LogP contribution in [0.4, 0.5) is 0 Å². The van der Waals surface area contributed by atoms with E-state index in [9.17, 15) is 0 Å². The maximum atomic E-state index is 4.04. The first-order valence-electron chi connectivity index (χ1n) is 10.2. The SMILES string of the molecule is CC1CCN(C2CCC(N[C@@H]3C[C@@H](C)N(C)C[C@@H]3C)CC2)CC1. The Labute approximate surface area is 144 Å². The Kier molecular flexibility index (Phi) is 6.03. The van der Waals surface area contributed by atoms with Crippen molar-refractivity contribution in [3.05, 3.63) is 0 Å². The number of rotatable bonds is 3. The minimum absolute atomic E-state index is 0.732. The van der Waals surface area contributed by atoms with Crippen molar-refractivity contribution in [1.82, 2.24) is 15.1 Å². The molecule has 0 aromatic rings. The Hall–Kier alpha value is -0.120. The van der Waals surface area contributed by atoms with E-state index in [0.717, 1.165) is 36.0 Å². The summed E-state index contributed by atoms with van der Waals surface area (Å²) in [5, 5.41) is 4.04. The summed E-state index contributed by atoms with van der Waals surface area (Å²) in [7, 11) is 2.28. The molecule has 0 amide bonds. The Morgan fingerprint density at radius 2 is 1.52 bits per heavy atom. The molecule has 0 bridgehead atoms. The van der Waals surface area contributed by atoms with Crippen molar-refractivity contribution in [1.29, 1.82) is 0 Å². The van der Waals surface area contributed by atoms with E-state index in [4.69, 9.17) is 0 Å². The topological polar surface area (TPSA) is 18.5 Å². The standard InChI is InChI=1S/C20H39N3/c1-15-9-11-23(12-10-15)19-7-5-18(6-8-19)21-20-13-17(3)22(4)14-16(20)2/h15-21H,5-14H2,1-4H3/t16-,17+,18?,19?,20+/m0/s1. The minimum Gasteiger partial charge on any atom is -0.311 e. The molecule has 1 saturated carbocycles. The van der Waals surface area contributed by atoms with Gasteiger partial charge in [0.05, 0.1) is 0 Å². The summed E-state index contributed by atoms with van der Waals surface area (Å²) >= 11 is 0. The number of likely N-dealkylation sites (tertiary alicyclic amines) is 2. The van der Waals surface area contributed by atoms with E-state index in [1.165, 1.54) is 64.6 Å². The van der Waals surface area contributed by atoms with Gasteiger partial charge in [-0.3, -0.25) is 0 Å². The lowest BCUT2D eigenvalue weighted by Gasteiger charge is -2.44. The van der Waals surface area contributed by atoms with Crippen LogP contribution in [0.25, 0.3) is 0 Å². The molecule has 0 aromatic carbocycles. The first kappa shape index (κ1) is 17.7.